The summed E-state index contributed by atoms with van der Waals surface area (Å²) in [5.74, 6) is -0.138. The van der Waals surface area contributed by atoms with E-state index in [4.69, 9.17) is 0 Å². The van der Waals surface area contributed by atoms with Crippen molar-refractivity contribution in [1.82, 2.24) is 15.3 Å². The van der Waals surface area contributed by atoms with Gasteiger partial charge in [0.1, 0.15) is 5.69 Å². The van der Waals surface area contributed by atoms with Crippen LogP contribution in [-0.4, -0.2) is 21.9 Å². The van der Waals surface area contributed by atoms with E-state index in [0.29, 0.717) is 12.2 Å². The van der Waals surface area contributed by atoms with Crippen LogP contribution in [0.5, 0.6) is 0 Å². The Labute approximate surface area is 124 Å². The average molecular weight is 284 g/mol. The molecule has 0 saturated heterocycles. The average Bonchev–Trinajstić information content (AvgIpc) is 2.54. The Balaban J connectivity index is 1.91. The van der Waals surface area contributed by atoms with Crippen molar-refractivity contribution in [2.75, 3.05) is 5.32 Å². The Morgan fingerprint density at radius 2 is 2.10 bits per heavy atom. The summed E-state index contributed by atoms with van der Waals surface area (Å²) in [4.78, 5) is 20.3. The predicted molar refractivity (Wildman–Crippen MR) is 83.0 cm³/mol. The maximum Gasteiger partial charge on any atom is 0.270 e. The monoisotopic (exact) mass is 284 g/mol. The molecule has 1 unspecified atom stereocenters. The van der Waals surface area contributed by atoms with Gasteiger partial charge in [-0.25, -0.2) is 4.98 Å². The van der Waals surface area contributed by atoms with E-state index in [1.807, 2.05) is 38.1 Å². The molecule has 110 valence electrons. The van der Waals surface area contributed by atoms with Crippen LogP contribution >= 0.6 is 0 Å². The number of nitrogens with zero attached hydrogens (tertiary/aromatic N) is 2. The van der Waals surface area contributed by atoms with Crippen LogP contribution in [0, 0.1) is 0 Å². The van der Waals surface area contributed by atoms with Crippen LogP contribution in [0.25, 0.3) is 0 Å². The first-order chi connectivity index (χ1) is 10.2. The highest BCUT2D eigenvalue weighted by Crippen LogP contribution is 2.08. The van der Waals surface area contributed by atoms with Gasteiger partial charge in [0, 0.05) is 12.2 Å². The zero-order chi connectivity index (χ0) is 15.1. The highest BCUT2D eigenvalue weighted by atomic mass is 16.1. The molecule has 2 rings (SSSR count). The minimum Gasteiger partial charge on any atom is -0.378 e. The highest BCUT2D eigenvalue weighted by Gasteiger charge is 2.09. The standard InChI is InChI=1S/C16H20N4O/c1-3-12(2)20-16(21)15-8-7-14(11-19-15)18-10-13-6-4-5-9-17-13/h4-9,11-12,18H,3,10H2,1-2H3,(H,20,21). The van der Waals surface area contributed by atoms with Gasteiger partial charge in [0.25, 0.3) is 5.91 Å². The molecule has 0 saturated carbocycles. The van der Waals surface area contributed by atoms with Crippen LogP contribution in [0.2, 0.25) is 0 Å². The molecule has 0 bridgehead atoms. The van der Waals surface area contributed by atoms with Crippen molar-refractivity contribution in [2.45, 2.75) is 32.9 Å². The minimum atomic E-state index is -0.138. The summed E-state index contributed by atoms with van der Waals surface area (Å²) in [6, 6.07) is 9.51. The van der Waals surface area contributed by atoms with E-state index in [0.717, 1.165) is 17.8 Å². The number of hydrogen-bond donors (Lipinski definition) is 2. The Morgan fingerprint density at radius 1 is 1.24 bits per heavy atom. The molecular formula is C16H20N4O. The van der Waals surface area contributed by atoms with E-state index in [1.54, 1.807) is 18.5 Å². The van der Waals surface area contributed by atoms with Crippen LogP contribution in [0.1, 0.15) is 36.5 Å². The number of nitrogens with one attached hydrogen (secondary N) is 2. The third-order valence-electron chi connectivity index (χ3n) is 3.19. The van der Waals surface area contributed by atoms with Gasteiger partial charge in [0.05, 0.1) is 24.1 Å². The summed E-state index contributed by atoms with van der Waals surface area (Å²) in [5.41, 5.74) is 2.25. The number of rotatable bonds is 6. The fraction of sp³-hybridized carbons (Fsp3) is 0.312. The normalized spacial score (nSPS) is 11.7. The van der Waals surface area contributed by atoms with Gasteiger partial charge in [0.2, 0.25) is 0 Å². The second kappa shape index (κ2) is 7.38. The first-order valence-corrected chi connectivity index (χ1v) is 7.09. The number of aromatic nitrogens is 2. The summed E-state index contributed by atoms with van der Waals surface area (Å²) in [5, 5.41) is 6.11. The molecule has 0 aromatic carbocycles. The van der Waals surface area contributed by atoms with Gasteiger partial charge in [-0.1, -0.05) is 13.0 Å². The Morgan fingerprint density at radius 3 is 2.71 bits per heavy atom. The third kappa shape index (κ3) is 4.56. The SMILES string of the molecule is CCC(C)NC(=O)c1ccc(NCc2ccccn2)cn1. The lowest BCUT2D eigenvalue weighted by atomic mass is 10.2. The number of carbonyl (C=O) groups excluding carboxylic acids is 1. The third-order valence-corrected chi connectivity index (χ3v) is 3.19. The van der Waals surface area contributed by atoms with E-state index < -0.39 is 0 Å². The zero-order valence-corrected chi connectivity index (χ0v) is 12.3. The topological polar surface area (TPSA) is 66.9 Å². The molecule has 2 N–H and O–H groups in total. The highest BCUT2D eigenvalue weighted by molar-refractivity contribution is 5.92. The molecule has 2 aromatic heterocycles. The van der Waals surface area contributed by atoms with E-state index >= 15 is 0 Å². The van der Waals surface area contributed by atoms with Gasteiger partial charge < -0.3 is 10.6 Å². The fourth-order valence-electron chi connectivity index (χ4n) is 1.73. The minimum absolute atomic E-state index is 0.138. The second-order valence-electron chi connectivity index (χ2n) is 4.89. The summed E-state index contributed by atoms with van der Waals surface area (Å²) in [7, 11) is 0. The van der Waals surface area contributed by atoms with Crippen LogP contribution < -0.4 is 10.6 Å². The molecule has 0 spiro atoms. The molecule has 2 aromatic rings. The summed E-state index contributed by atoms with van der Waals surface area (Å²) >= 11 is 0. The van der Waals surface area contributed by atoms with E-state index in [1.165, 1.54) is 0 Å². The number of anilines is 1. The van der Waals surface area contributed by atoms with Gasteiger partial charge in [-0.3, -0.25) is 9.78 Å². The molecular weight excluding hydrogens is 264 g/mol. The maximum atomic E-state index is 11.9. The molecule has 0 fully saturated rings. The van der Waals surface area contributed by atoms with Crippen LogP contribution in [-0.2, 0) is 6.54 Å². The number of amides is 1. The molecule has 0 radical (unpaired) electrons. The van der Waals surface area contributed by atoms with Crippen molar-refractivity contribution in [1.29, 1.82) is 0 Å². The largest absolute Gasteiger partial charge is 0.378 e. The number of carbonyl (C=O) groups is 1. The van der Waals surface area contributed by atoms with E-state index in [2.05, 4.69) is 20.6 Å². The Kier molecular flexibility index (Phi) is 5.26. The second-order valence-corrected chi connectivity index (χ2v) is 4.89. The summed E-state index contributed by atoms with van der Waals surface area (Å²) in [6.07, 6.45) is 4.32. The van der Waals surface area contributed by atoms with Crippen molar-refractivity contribution in [3.8, 4) is 0 Å². The van der Waals surface area contributed by atoms with Gasteiger partial charge in [-0.2, -0.15) is 0 Å². The van der Waals surface area contributed by atoms with Gasteiger partial charge >= 0.3 is 0 Å². The molecule has 5 nitrogen and oxygen atoms in total. The van der Waals surface area contributed by atoms with E-state index in [-0.39, 0.29) is 11.9 Å². The number of pyridine rings is 2. The van der Waals surface area contributed by atoms with Crippen molar-refractivity contribution < 1.29 is 4.79 Å². The van der Waals surface area contributed by atoms with Crippen LogP contribution in [0.15, 0.2) is 42.7 Å². The van der Waals surface area contributed by atoms with E-state index in [9.17, 15) is 4.79 Å². The smallest absolute Gasteiger partial charge is 0.270 e. The molecule has 0 aliphatic heterocycles. The molecule has 2 heterocycles. The quantitative estimate of drug-likeness (QED) is 0.855. The Hall–Kier alpha value is -2.43. The van der Waals surface area contributed by atoms with Crippen molar-refractivity contribution in [2.24, 2.45) is 0 Å². The summed E-state index contributed by atoms with van der Waals surface area (Å²) in [6.45, 7) is 4.63. The Bertz CT molecular complexity index is 569. The van der Waals surface area contributed by atoms with Gasteiger partial charge in [-0.15, -0.1) is 0 Å². The van der Waals surface area contributed by atoms with Crippen molar-refractivity contribution in [3.63, 3.8) is 0 Å². The molecule has 0 aliphatic carbocycles. The first kappa shape index (κ1) is 15.0. The zero-order valence-electron chi connectivity index (χ0n) is 12.3. The van der Waals surface area contributed by atoms with Crippen molar-refractivity contribution in [3.05, 3.63) is 54.1 Å². The first-order valence-electron chi connectivity index (χ1n) is 7.09. The van der Waals surface area contributed by atoms with Crippen LogP contribution in [0.4, 0.5) is 5.69 Å². The molecule has 1 atom stereocenters. The lowest BCUT2D eigenvalue weighted by molar-refractivity contribution is 0.0934. The van der Waals surface area contributed by atoms with Gasteiger partial charge in [-0.05, 0) is 37.6 Å². The fourth-order valence-corrected chi connectivity index (χ4v) is 1.73. The molecule has 21 heavy (non-hydrogen) atoms. The maximum absolute atomic E-state index is 11.9. The lowest BCUT2D eigenvalue weighted by Crippen LogP contribution is -2.32. The number of hydrogen-bond acceptors (Lipinski definition) is 4. The summed E-state index contributed by atoms with van der Waals surface area (Å²) < 4.78 is 0. The molecule has 1 amide bonds. The van der Waals surface area contributed by atoms with Gasteiger partial charge in [0.15, 0.2) is 0 Å². The molecule has 5 heteroatoms. The van der Waals surface area contributed by atoms with Crippen molar-refractivity contribution >= 4 is 11.6 Å². The lowest BCUT2D eigenvalue weighted by Gasteiger charge is -2.11. The molecule has 0 aliphatic rings. The predicted octanol–water partition coefficient (Wildman–Crippen LogP) is 2.62. The van der Waals surface area contributed by atoms with Crippen LogP contribution in [0.3, 0.4) is 0 Å².